The number of hydrogen-bond acceptors (Lipinski definition) is 3. The Morgan fingerprint density at radius 3 is 2.52 bits per heavy atom. The van der Waals surface area contributed by atoms with Gasteiger partial charge in [0.2, 0.25) is 11.8 Å². The summed E-state index contributed by atoms with van der Waals surface area (Å²) in [4.78, 5) is 28.7. The van der Waals surface area contributed by atoms with Crippen LogP contribution < -0.4 is 10.6 Å². The van der Waals surface area contributed by atoms with Crippen molar-refractivity contribution in [2.24, 2.45) is 11.8 Å². The van der Waals surface area contributed by atoms with Crippen molar-refractivity contribution >= 4 is 17.6 Å². The van der Waals surface area contributed by atoms with Crippen LogP contribution in [0.15, 0.2) is 18.3 Å². The van der Waals surface area contributed by atoms with Gasteiger partial charge in [0.05, 0.1) is 0 Å². The van der Waals surface area contributed by atoms with Crippen molar-refractivity contribution in [3.05, 3.63) is 23.9 Å². The molecule has 0 saturated heterocycles. The van der Waals surface area contributed by atoms with Crippen molar-refractivity contribution in [2.75, 3.05) is 5.32 Å². The standard InChI is InChI=1S/C20H29N3O2/c1-14-10-11-21-18(12-14)23-20(25)16-6-8-17(9-7-16)22-19(24)13-15-4-2-3-5-15/h10-12,15-17H,2-9,13H2,1H3,(H,22,24)(H,21,23,25). The normalized spacial score (nSPS) is 24.0. The van der Waals surface area contributed by atoms with E-state index in [1.165, 1.54) is 25.7 Å². The Morgan fingerprint density at radius 1 is 1.12 bits per heavy atom. The zero-order valence-corrected chi connectivity index (χ0v) is 15.1. The zero-order valence-electron chi connectivity index (χ0n) is 15.1. The highest BCUT2D eigenvalue weighted by molar-refractivity contribution is 5.91. The van der Waals surface area contributed by atoms with Crippen LogP contribution in [0.3, 0.4) is 0 Å². The van der Waals surface area contributed by atoms with Crippen molar-refractivity contribution in [1.82, 2.24) is 10.3 Å². The number of nitrogens with one attached hydrogen (secondary N) is 2. The molecule has 0 unspecified atom stereocenters. The number of nitrogens with zero attached hydrogens (tertiary/aromatic N) is 1. The van der Waals surface area contributed by atoms with Crippen molar-refractivity contribution < 1.29 is 9.59 Å². The third kappa shape index (κ3) is 5.28. The van der Waals surface area contributed by atoms with Gasteiger partial charge in [-0.15, -0.1) is 0 Å². The molecule has 5 nitrogen and oxygen atoms in total. The predicted octanol–water partition coefficient (Wildman–Crippen LogP) is 3.58. The van der Waals surface area contributed by atoms with E-state index in [-0.39, 0.29) is 23.8 Å². The molecule has 2 aliphatic carbocycles. The van der Waals surface area contributed by atoms with Gasteiger partial charge in [0, 0.05) is 24.6 Å². The molecule has 0 spiro atoms. The Hall–Kier alpha value is -1.91. The lowest BCUT2D eigenvalue weighted by Gasteiger charge is -2.28. The molecule has 2 aliphatic rings. The summed E-state index contributed by atoms with van der Waals surface area (Å²) in [5.74, 6) is 1.48. The highest BCUT2D eigenvalue weighted by atomic mass is 16.2. The van der Waals surface area contributed by atoms with Crippen molar-refractivity contribution in [3.63, 3.8) is 0 Å². The summed E-state index contributed by atoms with van der Waals surface area (Å²) in [5.41, 5.74) is 1.08. The second-order valence-electron chi connectivity index (χ2n) is 7.68. The molecule has 25 heavy (non-hydrogen) atoms. The quantitative estimate of drug-likeness (QED) is 0.858. The van der Waals surface area contributed by atoms with Crippen LogP contribution >= 0.6 is 0 Å². The number of pyridine rings is 1. The van der Waals surface area contributed by atoms with Gasteiger partial charge in [-0.2, -0.15) is 0 Å². The summed E-state index contributed by atoms with van der Waals surface area (Å²) in [6.45, 7) is 1.98. The molecule has 2 fully saturated rings. The SMILES string of the molecule is Cc1ccnc(NC(=O)C2CCC(NC(=O)CC3CCCC3)CC2)c1. The van der Waals surface area contributed by atoms with E-state index in [0.717, 1.165) is 31.2 Å². The van der Waals surface area contributed by atoms with E-state index in [9.17, 15) is 9.59 Å². The molecule has 0 aromatic carbocycles. The maximum atomic E-state index is 12.4. The van der Waals surface area contributed by atoms with Crippen LogP contribution in [0.4, 0.5) is 5.82 Å². The number of anilines is 1. The third-order valence-electron chi connectivity index (χ3n) is 5.58. The summed E-state index contributed by atoms with van der Waals surface area (Å²) >= 11 is 0. The molecule has 0 bridgehead atoms. The molecule has 0 atom stereocenters. The number of hydrogen-bond donors (Lipinski definition) is 2. The highest BCUT2D eigenvalue weighted by Crippen LogP contribution is 2.28. The fourth-order valence-corrected chi connectivity index (χ4v) is 4.10. The Morgan fingerprint density at radius 2 is 1.84 bits per heavy atom. The highest BCUT2D eigenvalue weighted by Gasteiger charge is 2.28. The Bertz CT molecular complexity index is 603. The van der Waals surface area contributed by atoms with Gasteiger partial charge < -0.3 is 10.6 Å². The average Bonchev–Trinajstić information content (AvgIpc) is 3.08. The molecule has 0 radical (unpaired) electrons. The van der Waals surface area contributed by atoms with E-state index in [2.05, 4.69) is 15.6 Å². The first-order valence-corrected chi connectivity index (χ1v) is 9.63. The van der Waals surface area contributed by atoms with Crippen molar-refractivity contribution in [1.29, 1.82) is 0 Å². The van der Waals surface area contributed by atoms with Crippen LogP contribution in [0.25, 0.3) is 0 Å². The predicted molar refractivity (Wildman–Crippen MR) is 98.1 cm³/mol. The molecule has 2 N–H and O–H groups in total. The van der Waals surface area contributed by atoms with Crippen molar-refractivity contribution in [3.8, 4) is 0 Å². The molecule has 5 heteroatoms. The van der Waals surface area contributed by atoms with E-state index >= 15 is 0 Å². The molecule has 1 aromatic heterocycles. The lowest BCUT2D eigenvalue weighted by Crippen LogP contribution is -2.40. The number of aryl methyl sites for hydroxylation is 1. The first-order chi connectivity index (χ1) is 12.1. The first-order valence-electron chi connectivity index (χ1n) is 9.63. The second-order valence-corrected chi connectivity index (χ2v) is 7.68. The minimum absolute atomic E-state index is 0.0188. The van der Waals surface area contributed by atoms with Gasteiger partial charge in [-0.3, -0.25) is 9.59 Å². The van der Waals surface area contributed by atoms with Gasteiger partial charge in [-0.05, 0) is 69.1 Å². The Balaban J connectivity index is 1.40. The van der Waals surface area contributed by atoms with Crippen molar-refractivity contribution in [2.45, 2.75) is 70.8 Å². The topological polar surface area (TPSA) is 71.1 Å². The van der Waals surface area contributed by atoms with E-state index < -0.39 is 0 Å². The smallest absolute Gasteiger partial charge is 0.228 e. The van der Waals surface area contributed by atoms with E-state index in [1.54, 1.807) is 6.20 Å². The monoisotopic (exact) mass is 343 g/mol. The maximum absolute atomic E-state index is 12.4. The number of carbonyl (C=O) groups excluding carboxylic acids is 2. The van der Waals surface area contributed by atoms with Gasteiger partial charge in [0.15, 0.2) is 0 Å². The summed E-state index contributed by atoms with van der Waals surface area (Å²) in [7, 11) is 0. The first kappa shape index (κ1) is 17.9. The maximum Gasteiger partial charge on any atom is 0.228 e. The number of aromatic nitrogens is 1. The van der Waals surface area contributed by atoms with Crippen LogP contribution in [0.2, 0.25) is 0 Å². The van der Waals surface area contributed by atoms with Crippen LogP contribution in [0.5, 0.6) is 0 Å². The molecule has 0 aliphatic heterocycles. The third-order valence-corrected chi connectivity index (χ3v) is 5.58. The fourth-order valence-electron chi connectivity index (χ4n) is 4.10. The Kier molecular flexibility index (Phi) is 6.05. The van der Waals surface area contributed by atoms with Crippen LogP contribution in [-0.4, -0.2) is 22.8 Å². The minimum atomic E-state index is 0.0188. The molecule has 2 saturated carbocycles. The molecule has 1 aromatic rings. The number of carbonyl (C=O) groups is 2. The van der Waals surface area contributed by atoms with E-state index in [1.807, 2.05) is 19.1 Å². The molecular formula is C20H29N3O2. The Labute approximate surface area is 150 Å². The van der Waals surface area contributed by atoms with Crippen LogP contribution in [0, 0.1) is 18.8 Å². The van der Waals surface area contributed by atoms with Crippen LogP contribution in [0.1, 0.15) is 63.4 Å². The lowest BCUT2D eigenvalue weighted by molar-refractivity contribution is -0.123. The molecule has 136 valence electrons. The van der Waals surface area contributed by atoms with Gasteiger partial charge >= 0.3 is 0 Å². The van der Waals surface area contributed by atoms with E-state index in [0.29, 0.717) is 18.2 Å². The second kappa shape index (κ2) is 8.45. The summed E-state index contributed by atoms with van der Waals surface area (Å²) in [6, 6.07) is 4.03. The zero-order chi connectivity index (χ0) is 17.6. The van der Waals surface area contributed by atoms with Crippen LogP contribution in [-0.2, 0) is 9.59 Å². The van der Waals surface area contributed by atoms with Gasteiger partial charge in [0.1, 0.15) is 5.82 Å². The van der Waals surface area contributed by atoms with Gasteiger partial charge in [-0.25, -0.2) is 4.98 Å². The summed E-state index contributed by atoms with van der Waals surface area (Å²) < 4.78 is 0. The summed E-state index contributed by atoms with van der Waals surface area (Å²) in [6.07, 6.45) is 10.8. The fraction of sp³-hybridized carbons (Fsp3) is 0.650. The number of rotatable bonds is 5. The van der Waals surface area contributed by atoms with Gasteiger partial charge in [-0.1, -0.05) is 12.8 Å². The van der Waals surface area contributed by atoms with Gasteiger partial charge in [0.25, 0.3) is 0 Å². The molecule has 3 rings (SSSR count). The lowest BCUT2D eigenvalue weighted by atomic mass is 9.85. The molecule has 2 amide bonds. The average molecular weight is 343 g/mol. The summed E-state index contributed by atoms with van der Waals surface area (Å²) in [5, 5.41) is 6.10. The van der Waals surface area contributed by atoms with E-state index in [4.69, 9.17) is 0 Å². The molecular weight excluding hydrogens is 314 g/mol. The number of amides is 2. The minimum Gasteiger partial charge on any atom is -0.353 e. The largest absolute Gasteiger partial charge is 0.353 e. The molecule has 1 heterocycles.